The van der Waals surface area contributed by atoms with E-state index in [1.165, 1.54) is 11.1 Å². The fourth-order valence-electron chi connectivity index (χ4n) is 6.83. The van der Waals surface area contributed by atoms with Crippen LogP contribution in [0.1, 0.15) is 68.1 Å². The molecule has 2 saturated carbocycles. The first-order valence-electron chi connectivity index (χ1n) is 11.6. The van der Waals surface area contributed by atoms with Crippen LogP contribution in [0.25, 0.3) is 0 Å². The number of ketones is 1. The quantitative estimate of drug-likeness (QED) is 0.524. The van der Waals surface area contributed by atoms with Crippen LogP contribution in [0.5, 0.6) is 5.75 Å². The molecule has 0 aromatic heterocycles. The molecule has 0 bridgehead atoms. The number of Topliss-reactive ketones (excluding diaryl/α,β-unsaturated/α-hetero) is 1. The lowest BCUT2D eigenvalue weighted by atomic mass is 9.55. The standard InChI is InChI=1S/C25H33NO4/c1-15-12-20-16(13-22(15)30-24(28)29-17-9-11-26(3)14-17)4-5-19-18(20)8-10-25(2)21(19)6-7-23(25)27/h12-13,17-19,21H,4-11,14H2,1-3H3. The molecule has 5 unspecified atom stereocenters. The summed E-state index contributed by atoms with van der Waals surface area (Å²) in [5, 5.41) is 0. The number of likely N-dealkylation sites (tertiary alicyclic amines) is 1. The minimum Gasteiger partial charge on any atom is -0.429 e. The van der Waals surface area contributed by atoms with E-state index in [1.54, 1.807) is 0 Å². The van der Waals surface area contributed by atoms with Crippen molar-refractivity contribution in [1.82, 2.24) is 4.90 Å². The number of benzene rings is 1. The van der Waals surface area contributed by atoms with Crippen molar-refractivity contribution in [3.05, 3.63) is 28.8 Å². The molecule has 5 nitrogen and oxygen atoms in total. The van der Waals surface area contributed by atoms with E-state index >= 15 is 0 Å². The molecule has 1 saturated heterocycles. The van der Waals surface area contributed by atoms with Crippen LogP contribution in [0, 0.1) is 24.2 Å². The third kappa shape index (κ3) is 3.26. The molecule has 0 spiro atoms. The van der Waals surface area contributed by atoms with Crippen LogP contribution in [-0.2, 0) is 16.0 Å². The number of rotatable bonds is 2. The highest BCUT2D eigenvalue weighted by Gasteiger charge is 2.54. The average Bonchev–Trinajstić information content (AvgIpc) is 3.25. The van der Waals surface area contributed by atoms with Crippen LogP contribution < -0.4 is 4.74 Å². The Kier molecular flexibility index (Phi) is 4.92. The molecule has 0 N–H and O–H groups in total. The van der Waals surface area contributed by atoms with Gasteiger partial charge in [0.2, 0.25) is 0 Å². The number of fused-ring (bicyclic) bond motifs is 5. The molecule has 162 valence electrons. The van der Waals surface area contributed by atoms with Gasteiger partial charge in [-0.25, -0.2) is 4.79 Å². The summed E-state index contributed by atoms with van der Waals surface area (Å²) >= 11 is 0. The van der Waals surface area contributed by atoms with Crippen LogP contribution in [-0.4, -0.2) is 43.1 Å². The Balaban J connectivity index is 1.33. The predicted molar refractivity (Wildman–Crippen MR) is 114 cm³/mol. The molecular formula is C25H33NO4. The summed E-state index contributed by atoms with van der Waals surface area (Å²) in [5.74, 6) is 2.79. The highest BCUT2D eigenvalue weighted by atomic mass is 16.7. The average molecular weight is 412 g/mol. The minimum absolute atomic E-state index is 0.0770. The molecular weight excluding hydrogens is 378 g/mol. The van der Waals surface area contributed by atoms with Gasteiger partial charge in [0.25, 0.3) is 0 Å². The van der Waals surface area contributed by atoms with Gasteiger partial charge in [0.1, 0.15) is 17.6 Å². The maximum Gasteiger partial charge on any atom is 0.514 e. The third-order valence-electron chi connectivity index (χ3n) is 8.53. The zero-order valence-corrected chi connectivity index (χ0v) is 18.4. The Morgan fingerprint density at radius 1 is 1.17 bits per heavy atom. The summed E-state index contributed by atoms with van der Waals surface area (Å²) in [5.41, 5.74) is 3.63. The van der Waals surface area contributed by atoms with Crippen molar-refractivity contribution in [2.75, 3.05) is 20.1 Å². The van der Waals surface area contributed by atoms with E-state index in [-0.39, 0.29) is 11.5 Å². The minimum atomic E-state index is -0.593. The number of nitrogens with zero attached hydrogens (tertiary/aromatic N) is 1. The summed E-state index contributed by atoms with van der Waals surface area (Å²) in [6.45, 7) is 5.95. The van der Waals surface area contributed by atoms with Crippen molar-refractivity contribution in [3.63, 3.8) is 0 Å². The number of hydrogen-bond donors (Lipinski definition) is 0. The topological polar surface area (TPSA) is 55.8 Å². The fraction of sp³-hybridized carbons (Fsp3) is 0.680. The molecule has 0 radical (unpaired) electrons. The molecule has 1 aromatic rings. The second-order valence-electron chi connectivity index (χ2n) is 10.3. The maximum atomic E-state index is 12.5. The summed E-state index contributed by atoms with van der Waals surface area (Å²) in [4.78, 5) is 27.0. The molecule has 1 heterocycles. The summed E-state index contributed by atoms with van der Waals surface area (Å²) in [6.07, 6.45) is 6.25. The number of carbonyl (C=O) groups is 2. The van der Waals surface area contributed by atoms with Gasteiger partial charge in [0.15, 0.2) is 0 Å². The van der Waals surface area contributed by atoms with Gasteiger partial charge in [-0.15, -0.1) is 0 Å². The summed E-state index contributed by atoms with van der Waals surface area (Å²) in [7, 11) is 2.03. The van der Waals surface area contributed by atoms with Crippen LogP contribution in [0.15, 0.2) is 12.1 Å². The predicted octanol–water partition coefficient (Wildman–Crippen LogP) is 4.64. The van der Waals surface area contributed by atoms with Gasteiger partial charge < -0.3 is 14.4 Å². The van der Waals surface area contributed by atoms with Gasteiger partial charge in [-0.2, -0.15) is 0 Å². The van der Waals surface area contributed by atoms with E-state index < -0.39 is 6.16 Å². The van der Waals surface area contributed by atoms with Crippen LogP contribution in [0.3, 0.4) is 0 Å². The number of likely N-dealkylation sites (N-methyl/N-ethyl adjacent to an activating group) is 1. The lowest BCUT2D eigenvalue weighted by Crippen LogP contribution is -2.42. The first-order valence-corrected chi connectivity index (χ1v) is 11.6. The zero-order chi connectivity index (χ0) is 21.0. The second-order valence-corrected chi connectivity index (χ2v) is 10.3. The van der Waals surface area contributed by atoms with E-state index in [2.05, 4.69) is 24.0 Å². The molecule has 5 heteroatoms. The van der Waals surface area contributed by atoms with Gasteiger partial charge in [-0.1, -0.05) is 13.0 Å². The highest BCUT2D eigenvalue weighted by Crippen LogP contribution is 2.59. The largest absolute Gasteiger partial charge is 0.514 e. The number of aryl methyl sites for hydroxylation is 2. The van der Waals surface area contributed by atoms with Crippen molar-refractivity contribution in [1.29, 1.82) is 0 Å². The molecule has 1 aromatic carbocycles. The lowest BCUT2D eigenvalue weighted by molar-refractivity contribution is -0.129. The van der Waals surface area contributed by atoms with Gasteiger partial charge in [0, 0.05) is 24.9 Å². The Labute approximate surface area is 179 Å². The van der Waals surface area contributed by atoms with Crippen molar-refractivity contribution < 1.29 is 19.1 Å². The third-order valence-corrected chi connectivity index (χ3v) is 8.53. The molecule has 1 aliphatic heterocycles. The number of hydrogen-bond acceptors (Lipinski definition) is 5. The van der Waals surface area contributed by atoms with Crippen molar-refractivity contribution >= 4 is 11.9 Å². The van der Waals surface area contributed by atoms with E-state index in [0.717, 1.165) is 63.6 Å². The van der Waals surface area contributed by atoms with Crippen molar-refractivity contribution in [2.45, 2.75) is 70.8 Å². The molecule has 0 amide bonds. The van der Waals surface area contributed by atoms with Gasteiger partial charge >= 0.3 is 6.16 Å². The molecule has 30 heavy (non-hydrogen) atoms. The monoisotopic (exact) mass is 411 g/mol. The fourth-order valence-corrected chi connectivity index (χ4v) is 6.83. The first kappa shape index (κ1) is 20.0. The normalized spacial score (nSPS) is 35.5. The van der Waals surface area contributed by atoms with Crippen molar-refractivity contribution in [2.24, 2.45) is 17.3 Å². The molecule has 4 aliphatic rings. The first-order chi connectivity index (χ1) is 14.3. The van der Waals surface area contributed by atoms with E-state index in [9.17, 15) is 9.59 Å². The van der Waals surface area contributed by atoms with Crippen molar-refractivity contribution in [3.8, 4) is 5.75 Å². The molecule has 5 rings (SSSR count). The maximum absolute atomic E-state index is 12.5. The van der Waals surface area contributed by atoms with Gasteiger partial charge in [-0.3, -0.25) is 4.79 Å². The summed E-state index contributed by atoms with van der Waals surface area (Å²) < 4.78 is 11.1. The number of carbonyl (C=O) groups excluding carboxylic acids is 2. The second kappa shape index (κ2) is 7.37. The smallest absolute Gasteiger partial charge is 0.429 e. The number of ether oxygens (including phenoxy) is 2. The lowest BCUT2D eigenvalue weighted by Gasteiger charge is -2.48. The van der Waals surface area contributed by atoms with Gasteiger partial charge in [0.05, 0.1) is 0 Å². The van der Waals surface area contributed by atoms with Crippen LogP contribution in [0.2, 0.25) is 0 Å². The Morgan fingerprint density at radius 3 is 2.77 bits per heavy atom. The Bertz CT molecular complexity index is 880. The SMILES string of the molecule is Cc1cc2c(cc1OC(=O)OC1CCN(C)C1)CCC1C2CCC2(C)C(=O)CCC12. The molecule has 5 atom stereocenters. The highest BCUT2D eigenvalue weighted by molar-refractivity contribution is 5.87. The Morgan fingerprint density at radius 2 is 2.00 bits per heavy atom. The Hall–Kier alpha value is -1.88. The van der Waals surface area contributed by atoms with Crippen LogP contribution in [0.4, 0.5) is 4.79 Å². The van der Waals surface area contributed by atoms with E-state index in [0.29, 0.717) is 29.3 Å². The van der Waals surface area contributed by atoms with Gasteiger partial charge in [-0.05, 0) is 93.0 Å². The van der Waals surface area contributed by atoms with E-state index in [1.807, 2.05) is 14.0 Å². The molecule has 3 aliphatic carbocycles. The molecule has 3 fully saturated rings. The van der Waals surface area contributed by atoms with Crippen LogP contribution >= 0.6 is 0 Å². The zero-order valence-electron chi connectivity index (χ0n) is 18.4. The summed E-state index contributed by atoms with van der Waals surface area (Å²) in [6, 6.07) is 4.30. The van der Waals surface area contributed by atoms with E-state index in [4.69, 9.17) is 9.47 Å².